The van der Waals surface area contributed by atoms with E-state index in [-0.39, 0.29) is 0 Å². The van der Waals surface area contributed by atoms with Gasteiger partial charge in [0.25, 0.3) is 0 Å². The first-order valence-electron chi connectivity index (χ1n) is 7.53. The highest BCUT2D eigenvalue weighted by molar-refractivity contribution is 6.30. The molecule has 0 bridgehead atoms. The lowest BCUT2D eigenvalue weighted by Crippen LogP contribution is -1.99. The highest BCUT2D eigenvalue weighted by Gasteiger charge is 2.09. The first kappa shape index (κ1) is 16.3. The molecule has 0 unspecified atom stereocenters. The van der Waals surface area contributed by atoms with Crippen LogP contribution in [0.25, 0.3) is 16.9 Å². The van der Waals surface area contributed by atoms with Crippen LogP contribution in [-0.2, 0) is 0 Å². The van der Waals surface area contributed by atoms with Gasteiger partial charge in [-0.25, -0.2) is 4.68 Å². The number of rotatable bonds is 2. The van der Waals surface area contributed by atoms with Crippen molar-refractivity contribution in [3.05, 3.63) is 70.9 Å². The van der Waals surface area contributed by atoms with E-state index >= 15 is 0 Å². The molecule has 0 N–H and O–H groups in total. The number of benzene rings is 2. The molecule has 0 aliphatic carbocycles. The lowest BCUT2D eigenvalue weighted by atomic mass is 10.1. The molecule has 114 valence electrons. The second kappa shape index (κ2) is 7.28. The standard InChI is InChI=1S/C17H15ClN2.C2H6/c1-12-3-5-14(6-4-12)17-11-13(2)19-20(17)16-9-7-15(18)8-10-16;1-2/h3-11H,1-2H3;1-2H3. The van der Waals surface area contributed by atoms with Gasteiger partial charge in [-0.2, -0.15) is 5.10 Å². The minimum atomic E-state index is 0.731. The van der Waals surface area contributed by atoms with Gasteiger partial charge in [0.1, 0.15) is 0 Å². The van der Waals surface area contributed by atoms with Crippen LogP contribution >= 0.6 is 11.6 Å². The van der Waals surface area contributed by atoms with Crippen molar-refractivity contribution >= 4 is 11.6 Å². The number of aryl methyl sites for hydroxylation is 2. The first-order valence-corrected chi connectivity index (χ1v) is 7.91. The second-order valence-electron chi connectivity index (χ2n) is 4.93. The van der Waals surface area contributed by atoms with Gasteiger partial charge < -0.3 is 0 Å². The Morgan fingerprint density at radius 2 is 1.45 bits per heavy atom. The third-order valence-electron chi connectivity index (χ3n) is 3.25. The van der Waals surface area contributed by atoms with Crippen LogP contribution in [-0.4, -0.2) is 9.78 Å². The molecule has 1 heterocycles. The van der Waals surface area contributed by atoms with Gasteiger partial charge in [-0.05, 0) is 44.2 Å². The fourth-order valence-electron chi connectivity index (χ4n) is 2.21. The molecule has 0 aliphatic rings. The fourth-order valence-corrected chi connectivity index (χ4v) is 2.33. The molecule has 1 aromatic heterocycles. The van der Waals surface area contributed by atoms with Crippen molar-refractivity contribution in [3.63, 3.8) is 0 Å². The molecule has 0 saturated carbocycles. The molecule has 0 radical (unpaired) electrons. The number of nitrogens with zero attached hydrogens (tertiary/aromatic N) is 2. The van der Waals surface area contributed by atoms with E-state index in [9.17, 15) is 0 Å². The summed E-state index contributed by atoms with van der Waals surface area (Å²) < 4.78 is 1.95. The van der Waals surface area contributed by atoms with Gasteiger partial charge in [0.2, 0.25) is 0 Å². The topological polar surface area (TPSA) is 17.8 Å². The molecule has 3 rings (SSSR count). The van der Waals surface area contributed by atoms with Crippen LogP contribution in [0, 0.1) is 13.8 Å². The van der Waals surface area contributed by atoms with E-state index in [1.54, 1.807) is 0 Å². The minimum Gasteiger partial charge on any atom is -0.233 e. The molecule has 3 heteroatoms. The molecule has 0 atom stereocenters. The number of halogens is 1. The average Bonchev–Trinajstić information content (AvgIpc) is 2.93. The summed E-state index contributed by atoms with van der Waals surface area (Å²) in [6.45, 7) is 8.09. The van der Waals surface area contributed by atoms with Crippen LogP contribution in [0.5, 0.6) is 0 Å². The van der Waals surface area contributed by atoms with Gasteiger partial charge >= 0.3 is 0 Å². The van der Waals surface area contributed by atoms with E-state index in [4.69, 9.17) is 11.6 Å². The van der Waals surface area contributed by atoms with Crippen LogP contribution in [0.3, 0.4) is 0 Å². The van der Waals surface area contributed by atoms with Gasteiger partial charge in [0.05, 0.1) is 17.1 Å². The Hall–Kier alpha value is -2.06. The van der Waals surface area contributed by atoms with Gasteiger partial charge in [0, 0.05) is 10.6 Å². The van der Waals surface area contributed by atoms with Crippen LogP contribution in [0.4, 0.5) is 0 Å². The number of hydrogen-bond acceptors (Lipinski definition) is 1. The zero-order valence-electron chi connectivity index (χ0n) is 13.5. The predicted molar refractivity (Wildman–Crippen MR) is 94.8 cm³/mol. The Morgan fingerprint density at radius 1 is 0.864 bits per heavy atom. The molecular formula is C19H21ClN2. The van der Waals surface area contributed by atoms with Crippen molar-refractivity contribution in [2.24, 2.45) is 0 Å². The summed E-state index contributed by atoms with van der Waals surface area (Å²) in [6, 6.07) is 18.3. The van der Waals surface area contributed by atoms with Crippen molar-refractivity contribution in [1.29, 1.82) is 0 Å². The molecule has 0 amide bonds. The molecule has 3 aromatic rings. The van der Waals surface area contributed by atoms with E-state index in [0.29, 0.717) is 0 Å². The number of aromatic nitrogens is 2. The molecule has 2 aromatic carbocycles. The highest BCUT2D eigenvalue weighted by Crippen LogP contribution is 2.25. The maximum atomic E-state index is 5.95. The SMILES string of the molecule is CC.Cc1ccc(-c2cc(C)nn2-c2ccc(Cl)cc2)cc1. The summed E-state index contributed by atoms with van der Waals surface area (Å²) in [4.78, 5) is 0. The highest BCUT2D eigenvalue weighted by atomic mass is 35.5. The third kappa shape index (κ3) is 3.58. The molecule has 0 saturated heterocycles. The van der Waals surface area contributed by atoms with Crippen LogP contribution in [0.2, 0.25) is 5.02 Å². The van der Waals surface area contributed by atoms with E-state index in [2.05, 4.69) is 42.4 Å². The fraction of sp³-hybridized carbons (Fsp3) is 0.211. The zero-order valence-corrected chi connectivity index (χ0v) is 14.2. The van der Waals surface area contributed by atoms with E-state index in [1.807, 2.05) is 49.7 Å². The lowest BCUT2D eigenvalue weighted by Gasteiger charge is -2.08. The Labute approximate surface area is 137 Å². The van der Waals surface area contributed by atoms with Crippen molar-refractivity contribution in [2.45, 2.75) is 27.7 Å². The van der Waals surface area contributed by atoms with Crippen molar-refractivity contribution in [3.8, 4) is 16.9 Å². The summed E-state index contributed by atoms with van der Waals surface area (Å²) >= 11 is 5.95. The van der Waals surface area contributed by atoms with E-state index in [0.717, 1.165) is 27.7 Å². The van der Waals surface area contributed by atoms with Crippen LogP contribution in [0.15, 0.2) is 54.6 Å². The monoisotopic (exact) mass is 312 g/mol. The Morgan fingerprint density at radius 3 is 2.05 bits per heavy atom. The second-order valence-corrected chi connectivity index (χ2v) is 5.36. The van der Waals surface area contributed by atoms with E-state index in [1.165, 1.54) is 5.56 Å². The van der Waals surface area contributed by atoms with Crippen LogP contribution < -0.4 is 0 Å². The van der Waals surface area contributed by atoms with Gasteiger partial charge in [-0.15, -0.1) is 0 Å². The Bertz CT molecular complexity index is 662. The summed E-state index contributed by atoms with van der Waals surface area (Å²) in [5.41, 5.74) is 5.51. The normalized spacial score (nSPS) is 10.0. The quantitative estimate of drug-likeness (QED) is 0.581. The first-order chi connectivity index (χ1) is 10.6. The van der Waals surface area contributed by atoms with Crippen LogP contribution in [0.1, 0.15) is 25.1 Å². The third-order valence-corrected chi connectivity index (χ3v) is 3.50. The minimum absolute atomic E-state index is 0.731. The largest absolute Gasteiger partial charge is 0.233 e. The summed E-state index contributed by atoms with van der Waals surface area (Å²) in [5.74, 6) is 0. The van der Waals surface area contributed by atoms with Gasteiger partial charge in [-0.1, -0.05) is 55.3 Å². The van der Waals surface area contributed by atoms with Crippen molar-refractivity contribution < 1.29 is 0 Å². The van der Waals surface area contributed by atoms with Crippen molar-refractivity contribution in [1.82, 2.24) is 9.78 Å². The predicted octanol–water partition coefficient (Wildman–Crippen LogP) is 5.84. The molecule has 0 aliphatic heterocycles. The molecule has 2 nitrogen and oxygen atoms in total. The van der Waals surface area contributed by atoms with E-state index < -0.39 is 0 Å². The van der Waals surface area contributed by atoms with Crippen molar-refractivity contribution in [2.75, 3.05) is 0 Å². The zero-order chi connectivity index (χ0) is 16.1. The molecular weight excluding hydrogens is 292 g/mol. The molecule has 0 spiro atoms. The number of hydrogen-bond donors (Lipinski definition) is 0. The lowest BCUT2D eigenvalue weighted by molar-refractivity contribution is 0.869. The maximum Gasteiger partial charge on any atom is 0.0743 e. The smallest absolute Gasteiger partial charge is 0.0743 e. The average molecular weight is 313 g/mol. The Balaban J connectivity index is 0.000000847. The summed E-state index contributed by atoms with van der Waals surface area (Å²) in [6.07, 6.45) is 0. The molecule has 0 fully saturated rings. The summed E-state index contributed by atoms with van der Waals surface area (Å²) in [7, 11) is 0. The Kier molecular flexibility index (Phi) is 5.40. The molecule has 22 heavy (non-hydrogen) atoms. The van der Waals surface area contributed by atoms with Gasteiger partial charge in [-0.3, -0.25) is 0 Å². The summed E-state index contributed by atoms with van der Waals surface area (Å²) in [5, 5.41) is 5.31. The van der Waals surface area contributed by atoms with Gasteiger partial charge in [0.15, 0.2) is 0 Å². The maximum absolute atomic E-state index is 5.95.